The van der Waals surface area contributed by atoms with Gasteiger partial charge < -0.3 is 9.84 Å². The standard InChI is InChI=1S/C21H40O3/c1-2-3-4-5-10-13-16-19-20(24-19)17-14-11-8-6-7-9-12-15-18-21(22)23/h19-20H,2-18H2,1H3,(H,22,23). The van der Waals surface area contributed by atoms with Gasteiger partial charge in [0.1, 0.15) is 0 Å². The summed E-state index contributed by atoms with van der Waals surface area (Å²) in [5, 5.41) is 8.56. The SMILES string of the molecule is CCCCCCCCC1OC1CCCCCCCCCCC(=O)O. The second-order valence-corrected chi connectivity index (χ2v) is 7.53. The van der Waals surface area contributed by atoms with Crippen molar-refractivity contribution in [3.8, 4) is 0 Å². The van der Waals surface area contributed by atoms with Crippen molar-refractivity contribution in [2.24, 2.45) is 0 Å². The normalized spacial score (nSPS) is 19.5. The quantitative estimate of drug-likeness (QED) is 0.229. The minimum atomic E-state index is -0.660. The van der Waals surface area contributed by atoms with Crippen LogP contribution in [-0.2, 0) is 9.53 Å². The van der Waals surface area contributed by atoms with Crippen LogP contribution in [0.3, 0.4) is 0 Å². The maximum absolute atomic E-state index is 10.4. The molecule has 0 amide bonds. The number of carboxylic acids is 1. The van der Waals surface area contributed by atoms with Crippen molar-refractivity contribution in [2.75, 3.05) is 0 Å². The number of carboxylic acid groups (broad SMARTS) is 1. The third kappa shape index (κ3) is 12.8. The van der Waals surface area contributed by atoms with Crippen LogP contribution in [0.2, 0.25) is 0 Å². The number of epoxide rings is 1. The van der Waals surface area contributed by atoms with Crippen LogP contribution < -0.4 is 0 Å². The van der Waals surface area contributed by atoms with Crippen LogP contribution >= 0.6 is 0 Å². The van der Waals surface area contributed by atoms with Gasteiger partial charge in [-0.05, 0) is 19.3 Å². The summed E-state index contributed by atoms with van der Waals surface area (Å²) in [6.45, 7) is 2.27. The fourth-order valence-corrected chi connectivity index (χ4v) is 3.50. The maximum atomic E-state index is 10.4. The Bertz CT molecular complexity index is 303. The molecule has 1 fully saturated rings. The molecule has 0 aromatic carbocycles. The highest BCUT2D eigenvalue weighted by Crippen LogP contribution is 2.31. The number of aliphatic carboxylic acids is 1. The van der Waals surface area contributed by atoms with Gasteiger partial charge in [-0.3, -0.25) is 4.79 Å². The predicted octanol–water partition coefficient (Wildman–Crippen LogP) is 6.49. The minimum absolute atomic E-state index is 0.335. The van der Waals surface area contributed by atoms with Crippen molar-refractivity contribution < 1.29 is 14.6 Å². The van der Waals surface area contributed by atoms with E-state index in [1.807, 2.05) is 0 Å². The fourth-order valence-electron chi connectivity index (χ4n) is 3.50. The van der Waals surface area contributed by atoms with Gasteiger partial charge in [0.15, 0.2) is 0 Å². The molecule has 0 saturated carbocycles. The van der Waals surface area contributed by atoms with Gasteiger partial charge >= 0.3 is 5.97 Å². The lowest BCUT2D eigenvalue weighted by atomic mass is 10.0. The zero-order chi connectivity index (χ0) is 17.5. The Morgan fingerprint density at radius 1 is 0.708 bits per heavy atom. The molecule has 142 valence electrons. The van der Waals surface area contributed by atoms with Crippen molar-refractivity contribution in [1.29, 1.82) is 0 Å². The van der Waals surface area contributed by atoms with E-state index < -0.39 is 5.97 Å². The van der Waals surface area contributed by atoms with E-state index in [-0.39, 0.29) is 0 Å². The van der Waals surface area contributed by atoms with Crippen molar-refractivity contribution in [1.82, 2.24) is 0 Å². The van der Waals surface area contributed by atoms with Gasteiger partial charge in [-0.15, -0.1) is 0 Å². The molecule has 3 nitrogen and oxygen atoms in total. The summed E-state index contributed by atoms with van der Waals surface area (Å²) in [6, 6.07) is 0. The molecule has 24 heavy (non-hydrogen) atoms. The van der Waals surface area contributed by atoms with Crippen molar-refractivity contribution in [3.63, 3.8) is 0 Å². The van der Waals surface area contributed by atoms with Gasteiger partial charge in [0.2, 0.25) is 0 Å². The molecule has 0 aromatic rings. The third-order valence-corrected chi connectivity index (χ3v) is 5.16. The van der Waals surface area contributed by atoms with E-state index in [1.165, 1.54) is 89.9 Å². The average Bonchev–Trinajstić information content (AvgIpc) is 3.30. The monoisotopic (exact) mass is 340 g/mol. The van der Waals surface area contributed by atoms with Crippen LogP contribution in [-0.4, -0.2) is 23.3 Å². The highest BCUT2D eigenvalue weighted by Gasteiger charge is 2.36. The Morgan fingerprint density at radius 2 is 1.12 bits per heavy atom. The lowest BCUT2D eigenvalue weighted by Crippen LogP contribution is -1.95. The minimum Gasteiger partial charge on any atom is -0.481 e. The number of carbonyl (C=O) groups is 1. The molecule has 1 N–H and O–H groups in total. The van der Waals surface area contributed by atoms with E-state index in [1.54, 1.807) is 0 Å². The van der Waals surface area contributed by atoms with Gasteiger partial charge in [0.25, 0.3) is 0 Å². The van der Waals surface area contributed by atoms with E-state index >= 15 is 0 Å². The fraction of sp³-hybridized carbons (Fsp3) is 0.952. The molecule has 1 saturated heterocycles. The Morgan fingerprint density at radius 3 is 1.58 bits per heavy atom. The van der Waals surface area contributed by atoms with E-state index in [4.69, 9.17) is 9.84 Å². The van der Waals surface area contributed by atoms with Crippen LogP contribution in [0.4, 0.5) is 0 Å². The van der Waals surface area contributed by atoms with Crippen molar-refractivity contribution in [3.05, 3.63) is 0 Å². The van der Waals surface area contributed by atoms with Crippen LogP contribution in [0.1, 0.15) is 116 Å². The van der Waals surface area contributed by atoms with Crippen LogP contribution in [0, 0.1) is 0 Å². The van der Waals surface area contributed by atoms with Crippen LogP contribution in [0.15, 0.2) is 0 Å². The number of rotatable bonds is 18. The second-order valence-electron chi connectivity index (χ2n) is 7.53. The summed E-state index contributed by atoms with van der Waals surface area (Å²) in [5.74, 6) is -0.660. The zero-order valence-electron chi connectivity index (χ0n) is 15.9. The first-order chi connectivity index (χ1) is 11.7. The molecule has 0 bridgehead atoms. The first-order valence-electron chi connectivity index (χ1n) is 10.6. The topological polar surface area (TPSA) is 49.8 Å². The molecular formula is C21H40O3. The Hall–Kier alpha value is -0.570. The molecule has 2 atom stereocenters. The molecule has 3 heteroatoms. The lowest BCUT2D eigenvalue weighted by Gasteiger charge is -2.01. The Balaban J connectivity index is 1.73. The Kier molecular flexibility index (Phi) is 13.2. The summed E-state index contributed by atoms with van der Waals surface area (Å²) < 4.78 is 5.79. The smallest absolute Gasteiger partial charge is 0.303 e. The number of hydrogen-bond donors (Lipinski definition) is 1. The van der Waals surface area contributed by atoms with E-state index in [0.29, 0.717) is 18.6 Å². The summed E-state index contributed by atoms with van der Waals surface area (Å²) in [7, 11) is 0. The molecule has 0 aliphatic carbocycles. The summed E-state index contributed by atoms with van der Waals surface area (Å²) in [6.07, 6.45) is 22.0. The van der Waals surface area contributed by atoms with Gasteiger partial charge in [0.05, 0.1) is 12.2 Å². The predicted molar refractivity (Wildman–Crippen MR) is 100 cm³/mol. The molecule has 1 aliphatic heterocycles. The molecule has 0 radical (unpaired) electrons. The highest BCUT2D eigenvalue weighted by molar-refractivity contribution is 5.66. The van der Waals surface area contributed by atoms with Crippen molar-refractivity contribution in [2.45, 2.75) is 128 Å². The molecule has 1 aliphatic rings. The average molecular weight is 341 g/mol. The first kappa shape index (κ1) is 21.5. The van der Waals surface area contributed by atoms with E-state index in [0.717, 1.165) is 12.8 Å². The number of unbranched alkanes of at least 4 members (excludes halogenated alkanes) is 12. The maximum Gasteiger partial charge on any atom is 0.303 e. The molecule has 2 unspecified atom stereocenters. The summed E-state index contributed by atoms with van der Waals surface area (Å²) in [4.78, 5) is 10.4. The first-order valence-corrected chi connectivity index (χ1v) is 10.6. The zero-order valence-corrected chi connectivity index (χ0v) is 15.9. The third-order valence-electron chi connectivity index (χ3n) is 5.16. The second kappa shape index (κ2) is 14.7. The number of hydrogen-bond acceptors (Lipinski definition) is 2. The number of ether oxygens (including phenoxy) is 1. The van der Waals surface area contributed by atoms with Gasteiger partial charge in [-0.25, -0.2) is 0 Å². The van der Waals surface area contributed by atoms with E-state index in [2.05, 4.69) is 6.92 Å². The molecule has 0 aromatic heterocycles. The molecule has 1 heterocycles. The molecular weight excluding hydrogens is 300 g/mol. The molecule has 0 spiro atoms. The van der Waals surface area contributed by atoms with Crippen LogP contribution in [0.5, 0.6) is 0 Å². The van der Waals surface area contributed by atoms with Crippen LogP contribution in [0.25, 0.3) is 0 Å². The summed E-state index contributed by atoms with van der Waals surface area (Å²) >= 11 is 0. The lowest BCUT2D eigenvalue weighted by molar-refractivity contribution is -0.137. The summed E-state index contributed by atoms with van der Waals surface area (Å²) in [5.41, 5.74) is 0. The van der Waals surface area contributed by atoms with Crippen molar-refractivity contribution >= 4 is 5.97 Å². The highest BCUT2D eigenvalue weighted by atomic mass is 16.6. The Labute approximate surface area is 149 Å². The van der Waals surface area contributed by atoms with Gasteiger partial charge in [-0.2, -0.15) is 0 Å². The van der Waals surface area contributed by atoms with E-state index in [9.17, 15) is 4.79 Å². The van der Waals surface area contributed by atoms with Gasteiger partial charge in [0, 0.05) is 6.42 Å². The molecule has 1 rings (SSSR count). The largest absolute Gasteiger partial charge is 0.481 e. The van der Waals surface area contributed by atoms with Gasteiger partial charge in [-0.1, -0.05) is 90.4 Å².